The smallest absolute Gasteiger partial charge is 0.333 e. The van der Waals surface area contributed by atoms with Crippen LogP contribution >= 0.6 is 0 Å². The largest absolute Gasteiger partial charge is 0.481 e. The number of carbonyl (C=O) groups excluding carboxylic acids is 2. The zero-order valence-corrected chi connectivity index (χ0v) is 17.8. The fraction of sp³-hybridized carbons (Fsp3) is 0.700. The van der Waals surface area contributed by atoms with Gasteiger partial charge in [-0.15, -0.1) is 0 Å². The summed E-state index contributed by atoms with van der Waals surface area (Å²) in [7, 11) is 0. The third kappa shape index (κ3) is 7.75. The maximum atomic E-state index is 12.4. The fourth-order valence-electron chi connectivity index (χ4n) is 3.40. The van der Waals surface area contributed by atoms with Gasteiger partial charge in [-0.2, -0.15) is 0 Å². The maximum Gasteiger partial charge on any atom is 0.333 e. The van der Waals surface area contributed by atoms with Crippen LogP contribution in [0.3, 0.4) is 0 Å². The Hall–Kier alpha value is -2.46. The van der Waals surface area contributed by atoms with E-state index in [2.05, 4.69) is 10.6 Å². The highest BCUT2D eigenvalue weighted by molar-refractivity contribution is 5.89. The van der Waals surface area contributed by atoms with Crippen LogP contribution in [-0.4, -0.2) is 71.0 Å². The van der Waals surface area contributed by atoms with Crippen LogP contribution in [0.15, 0.2) is 11.6 Å². The van der Waals surface area contributed by atoms with Crippen LogP contribution in [-0.2, 0) is 28.7 Å². The van der Waals surface area contributed by atoms with E-state index in [1.54, 1.807) is 13.0 Å². The molecule has 1 aliphatic rings. The van der Waals surface area contributed by atoms with Crippen molar-refractivity contribution in [2.45, 2.75) is 83.7 Å². The van der Waals surface area contributed by atoms with Crippen molar-refractivity contribution in [3.8, 4) is 0 Å². The lowest BCUT2D eigenvalue weighted by atomic mass is 9.86. The van der Waals surface area contributed by atoms with Gasteiger partial charge in [0.05, 0.1) is 31.3 Å². The van der Waals surface area contributed by atoms with Crippen molar-refractivity contribution in [3.63, 3.8) is 0 Å². The number of nitrogens with one attached hydrogen (secondary N) is 2. The van der Waals surface area contributed by atoms with Gasteiger partial charge >= 0.3 is 17.9 Å². The summed E-state index contributed by atoms with van der Waals surface area (Å²) >= 11 is 0. The second-order valence-corrected chi connectivity index (χ2v) is 7.14. The van der Waals surface area contributed by atoms with E-state index < -0.39 is 48.6 Å². The highest BCUT2D eigenvalue weighted by Crippen LogP contribution is 2.26. The van der Waals surface area contributed by atoms with E-state index in [-0.39, 0.29) is 30.6 Å². The van der Waals surface area contributed by atoms with Crippen LogP contribution in [0.4, 0.5) is 0 Å². The Morgan fingerprint density at radius 1 is 1.17 bits per heavy atom. The van der Waals surface area contributed by atoms with Crippen LogP contribution < -0.4 is 10.6 Å². The number of ether oxygens (including phenoxy) is 2. The molecular weight excluding hydrogens is 396 g/mol. The van der Waals surface area contributed by atoms with Crippen LogP contribution in [0.5, 0.6) is 0 Å². The van der Waals surface area contributed by atoms with Gasteiger partial charge in [0.25, 0.3) is 0 Å². The molecule has 0 fully saturated rings. The molecule has 0 aromatic rings. The second kappa shape index (κ2) is 12.3. The molecule has 30 heavy (non-hydrogen) atoms. The van der Waals surface area contributed by atoms with Crippen LogP contribution in [0.25, 0.3) is 0 Å². The summed E-state index contributed by atoms with van der Waals surface area (Å²) in [5, 5.41) is 24.0. The number of hydrogen-bond donors (Lipinski definition) is 4. The van der Waals surface area contributed by atoms with Gasteiger partial charge in [0.15, 0.2) is 0 Å². The number of carboxylic acid groups (broad SMARTS) is 2. The lowest BCUT2D eigenvalue weighted by Crippen LogP contribution is -2.61. The first kappa shape index (κ1) is 25.6. The zero-order chi connectivity index (χ0) is 22.8. The van der Waals surface area contributed by atoms with Crippen LogP contribution in [0, 0.1) is 0 Å². The molecule has 0 radical (unpaired) electrons. The van der Waals surface area contributed by atoms with Crippen molar-refractivity contribution in [2.75, 3.05) is 6.61 Å². The predicted molar refractivity (Wildman–Crippen MR) is 107 cm³/mol. The van der Waals surface area contributed by atoms with Gasteiger partial charge in [-0.05, 0) is 32.3 Å². The Bertz CT molecular complexity index is 659. The van der Waals surface area contributed by atoms with Gasteiger partial charge in [0, 0.05) is 18.5 Å². The number of amides is 1. The maximum absolute atomic E-state index is 12.4. The number of rotatable bonds is 12. The van der Waals surface area contributed by atoms with Crippen molar-refractivity contribution in [3.05, 3.63) is 11.6 Å². The van der Waals surface area contributed by atoms with E-state index >= 15 is 0 Å². The molecule has 0 saturated carbocycles. The number of carbonyl (C=O) groups is 4. The Labute approximate surface area is 176 Å². The molecule has 0 aromatic carbocycles. The zero-order valence-electron chi connectivity index (χ0n) is 17.8. The molecule has 0 bridgehead atoms. The molecule has 1 aliphatic carbocycles. The molecule has 0 aliphatic heterocycles. The molecule has 10 heteroatoms. The highest BCUT2D eigenvalue weighted by Gasteiger charge is 2.39. The van der Waals surface area contributed by atoms with E-state index in [1.165, 1.54) is 6.92 Å². The van der Waals surface area contributed by atoms with Crippen LogP contribution in [0.2, 0.25) is 0 Å². The Morgan fingerprint density at radius 3 is 2.27 bits per heavy atom. The van der Waals surface area contributed by atoms with Crippen molar-refractivity contribution in [1.29, 1.82) is 0 Å². The first-order valence-electron chi connectivity index (χ1n) is 10.1. The summed E-state index contributed by atoms with van der Waals surface area (Å²) < 4.78 is 11.2. The number of carboxylic acids is 2. The van der Waals surface area contributed by atoms with Crippen molar-refractivity contribution in [1.82, 2.24) is 10.6 Å². The van der Waals surface area contributed by atoms with Gasteiger partial charge in [0.1, 0.15) is 6.04 Å². The molecule has 170 valence electrons. The molecule has 0 aromatic heterocycles. The Balaban J connectivity index is 3.30. The van der Waals surface area contributed by atoms with E-state index in [0.29, 0.717) is 12.8 Å². The average molecular weight is 428 g/mol. The standard InChI is InChI=1S/C20H32N2O8/c1-5-13(6-2)30-16-9-12(20(28)29-7-3)8-14(18(16)21-11(4)23)22-15(19(26)27)10-17(24)25/h9,13-16,18,22H,5-8,10H2,1-4H3,(H,21,23)(H,24,25)(H,26,27)/t14-,15?,16-,18+/m1/s1. The van der Waals surface area contributed by atoms with E-state index in [1.807, 2.05) is 13.8 Å². The highest BCUT2D eigenvalue weighted by atomic mass is 16.5. The Morgan fingerprint density at radius 2 is 1.80 bits per heavy atom. The summed E-state index contributed by atoms with van der Waals surface area (Å²) in [5.74, 6) is -3.55. The first-order chi connectivity index (χ1) is 14.1. The molecule has 1 unspecified atom stereocenters. The van der Waals surface area contributed by atoms with Gasteiger partial charge in [0.2, 0.25) is 5.91 Å². The molecule has 4 atom stereocenters. The van der Waals surface area contributed by atoms with Gasteiger partial charge in [-0.3, -0.25) is 19.7 Å². The minimum atomic E-state index is -1.40. The lowest BCUT2D eigenvalue weighted by Gasteiger charge is -2.39. The van der Waals surface area contributed by atoms with Gasteiger partial charge in [-0.25, -0.2) is 4.79 Å². The molecular formula is C20H32N2O8. The number of esters is 1. The van der Waals surface area contributed by atoms with Crippen molar-refractivity contribution >= 4 is 23.8 Å². The second-order valence-electron chi connectivity index (χ2n) is 7.14. The summed E-state index contributed by atoms with van der Waals surface area (Å²) in [4.78, 5) is 46.8. The third-order valence-corrected chi connectivity index (χ3v) is 4.85. The third-order valence-electron chi connectivity index (χ3n) is 4.85. The minimum absolute atomic E-state index is 0.0515. The van der Waals surface area contributed by atoms with E-state index in [4.69, 9.17) is 14.6 Å². The van der Waals surface area contributed by atoms with Crippen molar-refractivity contribution in [2.24, 2.45) is 0 Å². The van der Waals surface area contributed by atoms with Crippen LogP contribution in [0.1, 0.15) is 53.4 Å². The van der Waals surface area contributed by atoms with Gasteiger partial charge < -0.3 is 25.0 Å². The normalized spacial score (nSPS) is 22.2. The molecule has 10 nitrogen and oxygen atoms in total. The molecule has 1 amide bonds. The summed E-state index contributed by atoms with van der Waals surface area (Å²) in [5.41, 5.74) is 0.284. The molecule has 0 heterocycles. The predicted octanol–water partition coefficient (Wildman–Crippen LogP) is 0.844. The minimum Gasteiger partial charge on any atom is -0.481 e. The average Bonchev–Trinajstić information content (AvgIpc) is 2.66. The summed E-state index contributed by atoms with van der Waals surface area (Å²) in [6, 6.07) is -2.85. The van der Waals surface area contributed by atoms with Gasteiger partial charge in [-0.1, -0.05) is 13.8 Å². The quantitative estimate of drug-likeness (QED) is 0.331. The van der Waals surface area contributed by atoms with E-state index in [0.717, 1.165) is 0 Å². The topological polar surface area (TPSA) is 151 Å². The summed E-state index contributed by atoms with van der Waals surface area (Å²) in [6.45, 7) is 7.05. The Kier molecular flexibility index (Phi) is 10.5. The molecule has 4 N–H and O–H groups in total. The van der Waals surface area contributed by atoms with Crippen molar-refractivity contribution < 1.29 is 38.9 Å². The SMILES string of the molecule is CCOC(=O)C1=C[C@@H](OC(CC)CC)[C@@H](NC(C)=O)[C@H](NC(CC(=O)O)C(=O)O)C1. The number of aliphatic carboxylic acids is 2. The molecule has 0 saturated heterocycles. The molecule has 0 spiro atoms. The lowest BCUT2D eigenvalue weighted by molar-refractivity contribution is -0.146. The summed E-state index contributed by atoms with van der Waals surface area (Å²) in [6.07, 6.45) is 1.55. The monoisotopic (exact) mass is 428 g/mol. The number of hydrogen-bond acceptors (Lipinski definition) is 7. The molecule has 1 rings (SSSR count). The fourth-order valence-corrected chi connectivity index (χ4v) is 3.40. The first-order valence-corrected chi connectivity index (χ1v) is 10.1. The van der Waals surface area contributed by atoms with E-state index in [9.17, 15) is 24.3 Å².